The van der Waals surface area contributed by atoms with Crippen LogP contribution in [-0.4, -0.2) is 18.8 Å². The Hall–Kier alpha value is -0.0151. The van der Waals surface area contributed by atoms with Crippen LogP contribution in [0.3, 0.4) is 0 Å². The molecule has 0 amide bonds. The number of hydrogen-bond donors (Lipinski definition) is 0. The van der Waals surface area contributed by atoms with Gasteiger partial charge in [-0.3, -0.25) is 0 Å². The van der Waals surface area contributed by atoms with Crippen LogP contribution >= 0.6 is 0 Å². The molecule has 0 aromatic carbocycles. The van der Waals surface area contributed by atoms with Crippen molar-refractivity contribution in [1.29, 1.82) is 0 Å². The van der Waals surface area contributed by atoms with Gasteiger partial charge in [0.15, 0.2) is 0 Å². The van der Waals surface area contributed by atoms with E-state index < -0.39 is 0 Å². The minimum atomic E-state index is -0.0161. The molecule has 0 aromatic heterocycles. The van der Waals surface area contributed by atoms with Crippen molar-refractivity contribution in [3.63, 3.8) is 0 Å². The van der Waals surface area contributed by atoms with E-state index in [4.69, 9.17) is 9.31 Å². The second-order valence-corrected chi connectivity index (χ2v) is 7.53. The molecule has 1 heterocycles. The molecular formula is C14H25BO2. The van der Waals surface area contributed by atoms with Crippen LogP contribution in [0.4, 0.5) is 0 Å². The van der Waals surface area contributed by atoms with Crippen LogP contribution < -0.4 is 0 Å². The Balaban J connectivity index is 1.78. The summed E-state index contributed by atoms with van der Waals surface area (Å²) in [5.41, 5.74) is 0.444. The average molecular weight is 236 g/mol. The van der Waals surface area contributed by atoms with Gasteiger partial charge in [0.2, 0.25) is 0 Å². The van der Waals surface area contributed by atoms with Crippen molar-refractivity contribution in [3.05, 3.63) is 0 Å². The van der Waals surface area contributed by atoms with E-state index in [0.717, 1.165) is 12.2 Å². The van der Waals surface area contributed by atoms with Crippen molar-refractivity contribution in [2.24, 2.45) is 23.2 Å². The highest BCUT2D eigenvalue weighted by Crippen LogP contribution is 2.65. The summed E-state index contributed by atoms with van der Waals surface area (Å²) in [7, 11) is 0.0418. The van der Waals surface area contributed by atoms with Crippen LogP contribution in [0.1, 0.15) is 47.5 Å². The monoisotopic (exact) mass is 236 g/mol. The van der Waals surface area contributed by atoms with Gasteiger partial charge in [-0.05, 0) is 49.3 Å². The van der Waals surface area contributed by atoms with E-state index in [9.17, 15) is 0 Å². The van der Waals surface area contributed by atoms with Crippen molar-refractivity contribution in [1.82, 2.24) is 0 Å². The van der Waals surface area contributed by atoms with Crippen LogP contribution in [0, 0.1) is 23.2 Å². The van der Waals surface area contributed by atoms with Crippen molar-refractivity contribution in [3.8, 4) is 0 Å². The molecule has 3 heteroatoms. The molecule has 1 unspecified atom stereocenters. The topological polar surface area (TPSA) is 18.5 Å². The van der Waals surface area contributed by atoms with E-state index in [0.29, 0.717) is 23.4 Å². The third-order valence-corrected chi connectivity index (χ3v) is 5.67. The van der Waals surface area contributed by atoms with Crippen LogP contribution in [-0.2, 0) is 9.31 Å². The summed E-state index contributed by atoms with van der Waals surface area (Å²) in [6.45, 7) is 11.6. The first-order valence-electron chi connectivity index (χ1n) is 7.17. The summed E-state index contributed by atoms with van der Waals surface area (Å²) < 4.78 is 12.5. The highest BCUT2D eigenvalue weighted by molar-refractivity contribution is 6.45. The van der Waals surface area contributed by atoms with Gasteiger partial charge in [0.25, 0.3) is 0 Å². The standard InChI is InChI=1S/C14H25BO2/c1-9(2)8-15-16-12-7-10-6-11(13(10,3)4)14(12,5)17-15/h9-12H,6-8H2,1-5H3/t10-,11-,12?,14-/m0/s1. The van der Waals surface area contributed by atoms with Crippen molar-refractivity contribution < 1.29 is 9.31 Å². The van der Waals surface area contributed by atoms with Gasteiger partial charge in [-0.2, -0.15) is 0 Å². The van der Waals surface area contributed by atoms with E-state index >= 15 is 0 Å². The molecule has 4 rings (SSSR count). The fourth-order valence-corrected chi connectivity index (χ4v) is 4.44. The Morgan fingerprint density at radius 1 is 1.24 bits per heavy atom. The lowest BCUT2D eigenvalue weighted by Gasteiger charge is -2.64. The smallest absolute Gasteiger partial charge is 0.405 e. The van der Waals surface area contributed by atoms with E-state index in [-0.39, 0.29) is 12.7 Å². The maximum Gasteiger partial charge on any atom is 0.457 e. The molecule has 1 aliphatic heterocycles. The molecule has 0 spiro atoms. The third-order valence-electron chi connectivity index (χ3n) is 5.67. The van der Waals surface area contributed by atoms with Crippen LogP contribution in [0.2, 0.25) is 6.32 Å². The maximum absolute atomic E-state index is 6.33. The summed E-state index contributed by atoms with van der Waals surface area (Å²) in [5, 5.41) is 0. The normalized spacial score (nSPS) is 46.9. The SMILES string of the molecule is CC(C)CB1OC2C[C@@H]3C[C@@H](C3(C)C)[C@]2(C)O1. The van der Waals surface area contributed by atoms with Crippen LogP contribution in [0.25, 0.3) is 0 Å². The van der Waals surface area contributed by atoms with Gasteiger partial charge in [-0.15, -0.1) is 0 Å². The molecule has 96 valence electrons. The fraction of sp³-hybridized carbons (Fsp3) is 1.00. The molecule has 1 saturated heterocycles. The van der Waals surface area contributed by atoms with Crippen LogP contribution in [0.15, 0.2) is 0 Å². The van der Waals surface area contributed by atoms with E-state index in [1.165, 1.54) is 12.8 Å². The molecule has 3 saturated carbocycles. The molecule has 0 radical (unpaired) electrons. The molecule has 2 nitrogen and oxygen atoms in total. The lowest BCUT2D eigenvalue weighted by atomic mass is 9.43. The number of rotatable bonds is 2. The van der Waals surface area contributed by atoms with Crippen molar-refractivity contribution >= 4 is 7.12 Å². The first kappa shape index (κ1) is 12.0. The van der Waals surface area contributed by atoms with Gasteiger partial charge in [-0.1, -0.05) is 27.7 Å². The highest BCUT2D eigenvalue weighted by atomic mass is 16.7. The summed E-state index contributed by atoms with van der Waals surface area (Å²) in [6.07, 6.45) is 3.93. The number of hydrogen-bond acceptors (Lipinski definition) is 2. The first-order chi connectivity index (χ1) is 7.84. The zero-order valence-electron chi connectivity index (χ0n) is 11.8. The third kappa shape index (κ3) is 1.54. The predicted molar refractivity (Wildman–Crippen MR) is 69.8 cm³/mol. The fourth-order valence-electron chi connectivity index (χ4n) is 4.44. The van der Waals surface area contributed by atoms with E-state index in [1.54, 1.807) is 0 Å². The Labute approximate surface area is 106 Å². The van der Waals surface area contributed by atoms with Gasteiger partial charge in [-0.25, -0.2) is 0 Å². The molecule has 4 aliphatic rings. The first-order valence-corrected chi connectivity index (χ1v) is 7.17. The molecular weight excluding hydrogens is 211 g/mol. The molecule has 17 heavy (non-hydrogen) atoms. The van der Waals surface area contributed by atoms with Crippen molar-refractivity contribution in [2.45, 2.75) is 65.5 Å². The van der Waals surface area contributed by atoms with Gasteiger partial charge >= 0.3 is 7.12 Å². The molecule has 0 aromatic rings. The van der Waals surface area contributed by atoms with Gasteiger partial charge in [0, 0.05) is 0 Å². The minimum Gasteiger partial charge on any atom is -0.405 e. The average Bonchev–Trinajstić information content (AvgIpc) is 2.51. The van der Waals surface area contributed by atoms with Gasteiger partial charge in [0.05, 0.1) is 11.7 Å². The van der Waals surface area contributed by atoms with Crippen molar-refractivity contribution in [2.75, 3.05) is 0 Å². The minimum absolute atomic E-state index is 0.0161. The second kappa shape index (κ2) is 3.51. The molecule has 4 atom stereocenters. The predicted octanol–water partition coefficient (Wildman–Crippen LogP) is 3.37. The van der Waals surface area contributed by atoms with Crippen LogP contribution in [0.5, 0.6) is 0 Å². The van der Waals surface area contributed by atoms with E-state index in [1.807, 2.05) is 0 Å². The molecule has 2 bridgehead atoms. The Morgan fingerprint density at radius 2 is 1.94 bits per heavy atom. The zero-order chi connectivity index (χ0) is 12.4. The summed E-state index contributed by atoms with van der Waals surface area (Å²) in [4.78, 5) is 0. The Morgan fingerprint density at radius 3 is 2.53 bits per heavy atom. The second-order valence-electron chi connectivity index (χ2n) is 7.53. The lowest BCUT2D eigenvalue weighted by Crippen LogP contribution is -2.65. The zero-order valence-corrected chi connectivity index (χ0v) is 11.8. The quantitative estimate of drug-likeness (QED) is 0.684. The maximum atomic E-state index is 6.33. The molecule has 4 fully saturated rings. The Bertz CT molecular complexity index is 328. The Kier molecular flexibility index (Phi) is 2.49. The van der Waals surface area contributed by atoms with E-state index in [2.05, 4.69) is 34.6 Å². The van der Waals surface area contributed by atoms with Gasteiger partial charge in [0.1, 0.15) is 0 Å². The molecule has 0 N–H and O–H groups in total. The largest absolute Gasteiger partial charge is 0.457 e. The highest BCUT2D eigenvalue weighted by Gasteiger charge is 2.67. The lowest BCUT2D eigenvalue weighted by molar-refractivity contribution is -0.199. The summed E-state index contributed by atoms with van der Waals surface area (Å²) in [5.74, 6) is 2.19. The summed E-state index contributed by atoms with van der Waals surface area (Å²) in [6, 6.07) is 0. The van der Waals surface area contributed by atoms with Gasteiger partial charge < -0.3 is 9.31 Å². The molecule has 3 aliphatic carbocycles. The summed E-state index contributed by atoms with van der Waals surface area (Å²) >= 11 is 0.